The molecule has 4 amide bonds. The lowest BCUT2D eigenvalue weighted by molar-refractivity contribution is -0.906. The summed E-state index contributed by atoms with van der Waals surface area (Å²) in [5, 5.41) is 2.19. The molecule has 2 saturated heterocycles. The van der Waals surface area contributed by atoms with Gasteiger partial charge in [0, 0.05) is 6.21 Å². The minimum atomic E-state index is -1.09. The van der Waals surface area contributed by atoms with Crippen LogP contribution < -0.4 is 10.2 Å². The number of carbonyl (C=O) groups is 3. The van der Waals surface area contributed by atoms with Gasteiger partial charge in [-0.25, -0.2) is 4.79 Å². The molecule has 0 aromatic carbocycles. The molecule has 2 fully saturated rings. The third-order valence-corrected chi connectivity index (χ3v) is 4.23. The molecule has 1 atom stereocenters. The van der Waals surface area contributed by atoms with Gasteiger partial charge in [0.25, 0.3) is 0 Å². The maximum atomic E-state index is 12.5. The summed E-state index contributed by atoms with van der Waals surface area (Å²) in [6, 6.07) is 2.58. The summed E-state index contributed by atoms with van der Waals surface area (Å²) < 4.78 is 10.4. The number of urea groups is 1. The van der Waals surface area contributed by atoms with Crippen LogP contribution in [0.4, 0.5) is 4.79 Å². The molecular weight excluding hydrogens is 328 g/mol. The maximum absolute atomic E-state index is 12.5. The van der Waals surface area contributed by atoms with Crippen LogP contribution in [0.3, 0.4) is 0 Å². The fourth-order valence-electron chi connectivity index (χ4n) is 2.78. The van der Waals surface area contributed by atoms with Crippen molar-refractivity contribution in [3.63, 3.8) is 0 Å². The molecule has 2 aliphatic heterocycles. The Morgan fingerprint density at radius 3 is 2.84 bits per heavy atom. The Balaban J connectivity index is 1.57. The number of furan rings is 1. The molecule has 0 bridgehead atoms. The predicted octanol–water partition coefficient (Wildman–Crippen LogP) is -1.54. The second kappa shape index (κ2) is 8.04. The van der Waals surface area contributed by atoms with Crippen molar-refractivity contribution in [3.05, 3.63) is 24.2 Å². The van der Waals surface area contributed by atoms with Gasteiger partial charge in [0.15, 0.2) is 5.92 Å². The molecule has 0 unspecified atom stereocenters. The highest BCUT2D eigenvalue weighted by Crippen LogP contribution is 2.13. The normalized spacial score (nSPS) is 22.6. The van der Waals surface area contributed by atoms with Crippen molar-refractivity contribution in [1.82, 2.24) is 10.2 Å². The number of nitrogens with zero attached hydrogens (tertiary/aromatic N) is 2. The maximum Gasteiger partial charge on any atom is 0.331 e. The summed E-state index contributed by atoms with van der Waals surface area (Å²) in [5.74, 6) is -1.86. The second-order valence-corrected chi connectivity index (χ2v) is 5.94. The molecule has 0 spiro atoms. The van der Waals surface area contributed by atoms with Crippen LogP contribution in [0.1, 0.15) is 5.76 Å². The van der Waals surface area contributed by atoms with Gasteiger partial charge in [-0.15, -0.1) is 0 Å². The number of imide groups is 2. The van der Waals surface area contributed by atoms with Crippen LogP contribution in [-0.2, 0) is 20.9 Å². The molecule has 2 N–H and O–H groups in total. The van der Waals surface area contributed by atoms with Gasteiger partial charge >= 0.3 is 6.03 Å². The third kappa shape index (κ3) is 4.31. The topological polar surface area (TPSA) is 106 Å². The molecule has 25 heavy (non-hydrogen) atoms. The lowest BCUT2D eigenvalue weighted by Crippen LogP contribution is -3.14. The van der Waals surface area contributed by atoms with E-state index in [0.29, 0.717) is 12.3 Å². The average molecular weight is 349 g/mol. The molecule has 0 radical (unpaired) electrons. The first kappa shape index (κ1) is 17.3. The quantitative estimate of drug-likeness (QED) is 0.478. The highest BCUT2D eigenvalue weighted by molar-refractivity contribution is 6.23. The van der Waals surface area contributed by atoms with Crippen molar-refractivity contribution in [2.45, 2.75) is 6.54 Å². The number of morpholine rings is 1. The number of hydrogen-bond acceptors (Lipinski definition) is 6. The molecule has 0 saturated carbocycles. The Bertz CT molecular complexity index is 651. The molecule has 1 aromatic heterocycles. The summed E-state index contributed by atoms with van der Waals surface area (Å²) in [5.41, 5.74) is 0. The summed E-state index contributed by atoms with van der Waals surface area (Å²) in [4.78, 5) is 42.9. The Hall–Kier alpha value is -2.52. The van der Waals surface area contributed by atoms with Crippen molar-refractivity contribution in [2.24, 2.45) is 10.9 Å². The first-order chi connectivity index (χ1) is 12.1. The van der Waals surface area contributed by atoms with E-state index in [2.05, 4.69) is 10.3 Å². The Morgan fingerprint density at radius 2 is 2.12 bits per heavy atom. The van der Waals surface area contributed by atoms with E-state index in [4.69, 9.17) is 9.15 Å². The summed E-state index contributed by atoms with van der Waals surface area (Å²) >= 11 is 0. The molecule has 0 aliphatic carbocycles. The molecule has 3 rings (SSSR count). The van der Waals surface area contributed by atoms with E-state index in [1.54, 1.807) is 12.1 Å². The van der Waals surface area contributed by atoms with Gasteiger partial charge in [-0.3, -0.25) is 24.8 Å². The Morgan fingerprint density at radius 1 is 1.32 bits per heavy atom. The molecule has 1 aromatic rings. The minimum Gasteiger partial charge on any atom is -0.467 e. The van der Waals surface area contributed by atoms with Crippen molar-refractivity contribution < 1.29 is 28.4 Å². The number of carbonyl (C=O) groups excluding carboxylic acids is 3. The fraction of sp³-hybridized carbons (Fsp3) is 0.500. The van der Waals surface area contributed by atoms with Crippen molar-refractivity contribution in [1.29, 1.82) is 0 Å². The molecule has 134 valence electrons. The monoisotopic (exact) mass is 349 g/mol. The zero-order valence-corrected chi connectivity index (χ0v) is 13.8. The second-order valence-electron chi connectivity index (χ2n) is 5.94. The lowest BCUT2D eigenvalue weighted by Gasteiger charge is -2.27. The van der Waals surface area contributed by atoms with E-state index in [9.17, 15) is 14.4 Å². The highest BCUT2D eigenvalue weighted by atomic mass is 16.5. The van der Waals surface area contributed by atoms with Gasteiger partial charge in [0.1, 0.15) is 18.8 Å². The van der Waals surface area contributed by atoms with Crippen LogP contribution in [0.25, 0.3) is 0 Å². The van der Waals surface area contributed by atoms with Crippen LogP contribution in [0, 0.1) is 5.92 Å². The largest absolute Gasteiger partial charge is 0.467 e. The van der Waals surface area contributed by atoms with Crippen molar-refractivity contribution in [2.75, 3.05) is 39.4 Å². The van der Waals surface area contributed by atoms with Crippen LogP contribution in [-0.4, -0.2) is 68.4 Å². The first-order valence-electron chi connectivity index (χ1n) is 8.25. The van der Waals surface area contributed by atoms with Gasteiger partial charge in [-0.1, -0.05) is 0 Å². The van der Waals surface area contributed by atoms with Gasteiger partial charge < -0.3 is 14.1 Å². The van der Waals surface area contributed by atoms with Crippen LogP contribution in [0.5, 0.6) is 0 Å². The fourth-order valence-corrected chi connectivity index (χ4v) is 2.78. The van der Waals surface area contributed by atoms with E-state index in [1.165, 1.54) is 17.4 Å². The SMILES string of the molecule is O=C1NC(=O)N(Cc2ccco2)C(=O)[C@@H]1C=NCC[NH+]1CCOCC1. The standard InChI is InChI=1S/C16H20N4O5/c21-14-13(10-17-3-4-19-5-8-24-9-6-19)15(22)20(16(23)18-14)11-12-2-1-7-25-12/h1-2,7,10,13H,3-6,8-9,11H2,(H,18,21,23)/p+1/t13-/m1/s1. The summed E-state index contributed by atoms with van der Waals surface area (Å²) in [7, 11) is 0. The molecular formula is C16H21N4O5+. The predicted molar refractivity (Wildman–Crippen MR) is 86.0 cm³/mol. The van der Waals surface area contributed by atoms with Crippen LogP contribution >= 0.6 is 0 Å². The first-order valence-corrected chi connectivity index (χ1v) is 8.25. The van der Waals surface area contributed by atoms with E-state index in [-0.39, 0.29) is 6.54 Å². The van der Waals surface area contributed by atoms with Gasteiger partial charge in [-0.2, -0.15) is 0 Å². The molecule has 9 nitrogen and oxygen atoms in total. The van der Waals surface area contributed by atoms with Crippen molar-refractivity contribution in [3.8, 4) is 0 Å². The number of aliphatic imine (C=N–C) groups is 1. The number of barbiturate groups is 1. The van der Waals surface area contributed by atoms with E-state index >= 15 is 0 Å². The number of rotatable bonds is 6. The molecule has 9 heteroatoms. The van der Waals surface area contributed by atoms with Crippen molar-refractivity contribution >= 4 is 24.1 Å². The van der Waals surface area contributed by atoms with Gasteiger partial charge in [-0.05, 0) is 12.1 Å². The zero-order chi connectivity index (χ0) is 17.6. The Labute approximate surface area is 144 Å². The molecule has 2 aliphatic rings. The van der Waals surface area contributed by atoms with Gasteiger partial charge in [0.05, 0.1) is 39.1 Å². The zero-order valence-electron chi connectivity index (χ0n) is 13.8. The highest BCUT2D eigenvalue weighted by Gasteiger charge is 2.39. The number of quaternary nitrogens is 1. The number of nitrogens with one attached hydrogen (secondary N) is 2. The van der Waals surface area contributed by atoms with Gasteiger partial charge in [0.2, 0.25) is 11.8 Å². The van der Waals surface area contributed by atoms with E-state index < -0.39 is 23.8 Å². The smallest absolute Gasteiger partial charge is 0.331 e. The number of amides is 4. The van der Waals surface area contributed by atoms with Crippen LogP contribution in [0.2, 0.25) is 0 Å². The lowest BCUT2D eigenvalue weighted by atomic mass is 10.1. The third-order valence-electron chi connectivity index (χ3n) is 4.23. The average Bonchev–Trinajstić information content (AvgIpc) is 3.12. The van der Waals surface area contributed by atoms with E-state index in [0.717, 1.165) is 37.7 Å². The number of ether oxygens (including phenoxy) is 1. The Kier molecular flexibility index (Phi) is 5.56. The minimum absolute atomic E-state index is 0.0206. The summed E-state index contributed by atoms with van der Waals surface area (Å²) in [6.45, 7) is 4.66. The number of hydrogen-bond donors (Lipinski definition) is 2. The molecule has 3 heterocycles. The van der Waals surface area contributed by atoms with E-state index in [1.807, 2.05) is 0 Å². The van der Waals surface area contributed by atoms with Crippen LogP contribution in [0.15, 0.2) is 27.8 Å². The summed E-state index contributed by atoms with van der Waals surface area (Å²) in [6.07, 6.45) is 2.79.